The van der Waals surface area contributed by atoms with E-state index in [1.165, 1.54) is 36.4 Å². The first-order valence-electron chi connectivity index (χ1n) is 9.25. The number of halogens is 1. The third kappa shape index (κ3) is 4.62. The highest BCUT2D eigenvalue weighted by Gasteiger charge is 2.55. The Morgan fingerprint density at radius 1 is 1.16 bits per heavy atom. The molecule has 2 unspecified atom stereocenters. The second-order valence-electron chi connectivity index (χ2n) is 7.20. The number of amides is 2. The fourth-order valence-corrected chi connectivity index (χ4v) is 5.37. The van der Waals surface area contributed by atoms with Gasteiger partial charge in [0.2, 0.25) is 0 Å². The summed E-state index contributed by atoms with van der Waals surface area (Å²) in [6, 6.07) is 10.0. The van der Waals surface area contributed by atoms with Crippen molar-refractivity contribution in [1.82, 2.24) is 4.90 Å². The van der Waals surface area contributed by atoms with Crippen molar-refractivity contribution in [2.75, 3.05) is 13.1 Å². The molecule has 0 saturated carbocycles. The van der Waals surface area contributed by atoms with Crippen molar-refractivity contribution in [1.29, 1.82) is 0 Å². The number of sulfone groups is 1. The molecule has 2 aromatic carbocycles. The number of benzene rings is 2. The molecule has 2 aromatic rings. The summed E-state index contributed by atoms with van der Waals surface area (Å²) < 4.78 is 44.6. The van der Waals surface area contributed by atoms with Crippen LogP contribution in [0.3, 0.4) is 0 Å². The fourth-order valence-electron chi connectivity index (χ4n) is 3.43. The van der Waals surface area contributed by atoms with Gasteiger partial charge in [-0.15, -0.1) is 0 Å². The number of nitrogens with zero attached hydrogens (tertiary/aromatic N) is 1. The number of primary amides is 1. The number of β-amino-alcohol motifs (C(OH)–C–C–N with tert-alkyl or cyclic N) is 1. The Hall–Kier alpha value is -3.18. The summed E-state index contributed by atoms with van der Waals surface area (Å²) in [5.41, 5.74) is 3.16. The van der Waals surface area contributed by atoms with Crippen LogP contribution in [0, 0.1) is 5.82 Å². The minimum absolute atomic E-state index is 0.103. The van der Waals surface area contributed by atoms with E-state index in [2.05, 4.69) is 0 Å². The summed E-state index contributed by atoms with van der Waals surface area (Å²) in [5.74, 6) is -1.78. The number of likely N-dealkylation sites (tertiary alicyclic amines) is 1. The van der Waals surface area contributed by atoms with Crippen LogP contribution >= 0.6 is 0 Å². The Morgan fingerprint density at radius 3 is 2.32 bits per heavy atom. The molecule has 0 bridgehead atoms. The summed E-state index contributed by atoms with van der Waals surface area (Å²) in [5, 5.41) is 18.4. The minimum atomic E-state index is -4.26. The maximum Gasteiger partial charge on any atom is 0.338 e. The second kappa shape index (κ2) is 8.52. The van der Waals surface area contributed by atoms with Crippen molar-refractivity contribution in [2.45, 2.75) is 28.8 Å². The number of carboxylic acids is 1. The standard InChI is InChI=1S/C20H21FN2O7S/c21-14-3-1-13(2-4-14)11-30-15-5-7-16(8-6-15)31(28,29)17-9-10-23(19(22)26)12-20(17,27)18(24)25/h1-8,17,27H,9-12H2,(H2,22,26)(H,24,25). The van der Waals surface area contributed by atoms with E-state index in [4.69, 9.17) is 10.5 Å². The number of carbonyl (C=O) groups excluding carboxylic acids is 1. The van der Waals surface area contributed by atoms with E-state index in [9.17, 15) is 32.6 Å². The number of carbonyl (C=O) groups is 2. The molecule has 2 atom stereocenters. The highest BCUT2D eigenvalue weighted by atomic mass is 32.2. The van der Waals surface area contributed by atoms with Gasteiger partial charge in [0, 0.05) is 6.54 Å². The summed E-state index contributed by atoms with van der Waals surface area (Å²) in [7, 11) is -4.26. The predicted octanol–water partition coefficient (Wildman–Crippen LogP) is 1.15. The lowest BCUT2D eigenvalue weighted by Crippen LogP contribution is -2.65. The molecule has 166 valence electrons. The van der Waals surface area contributed by atoms with Gasteiger partial charge >= 0.3 is 12.0 Å². The number of piperidine rings is 1. The number of ether oxygens (including phenoxy) is 1. The molecule has 4 N–H and O–H groups in total. The minimum Gasteiger partial charge on any atom is -0.489 e. The summed E-state index contributed by atoms with van der Waals surface area (Å²) in [6.07, 6.45) is -0.295. The van der Waals surface area contributed by atoms with Gasteiger partial charge in [-0.2, -0.15) is 0 Å². The smallest absolute Gasteiger partial charge is 0.338 e. The van der Waals surface area contributed by atoms with Crippen LogP contribution in [0.4, 0.5) is 9.18 Å². The number of hydrogen-bond acceptors (Lipinski definition) is 6. The molecule has 31 heavy (non-hydrogen) atoms. The van der Waals surface area contributed by atoms with Crippen LogP contribution in [0.25, 0.3) is 0 Å². The number of urea groups is 1. The molecule has 11 heteroatoms. The van der Waals surface area contributed by atoms with Crippen molar-refractivity contribution in [3.05, 3.63) is 59.9 Å². The fraction of sp³-hybridized carbons (Fsp3) is 0.300. The zero-order chi connectivity index (χ0) is 22.8. The molecule has 1 heterocycles. The quantitative estimate of drug-likeness (QED) is 0.595. The van der Waals surface area contributed by atoms with Crippen LogP contribution in [0.1, 0.15) is 12.0 Å². The maximum absolute atomic E-state index is 13.1. The molecular formula is C20H21FN2O7S. The summed E-state index contributed by atoms with van der Waals surface area (Å²) >= 11 is 0. The lowest BCUT2D eigenvalue weighted by Gasteiger charge is -2.40. The molecule has 2 amide bonds. The Bertz CT molecular complexity index is 1070. The summed E-state index contributed by atoms with van der Waals surface area (Å²) in [6.45, 7) is -0.704. The number of hydrogen-bond donors (Lipinski definition) is 3. The Kier molecular flexibility index (Phi) is 6.18. The van der Waals surface area contributed by atoms with Crippen molar-refractivity contribution in [3.8, 4) is 5.75 Å². The van der Waals surface area contributed by atoms with Gasteiger partial charge in [0.15, 0.2) is 15.4 Å². The van der Waals surface area contributed by atoms with E-state index in [-0.39, 0.29) is 30.3 Å². The van der Waals surface area contributed by atoms with Crippen LogP contribution in [-0.2, 0) is 21.2 Å². The molecule has 1 aliphatic rings. The average Bonchev–Trinajstić information content (AvgIpc) is 2.73. The molecule has 1 aliphatic heterocycles. The molecule has 0 aromatic heterocycles. The van der Waals surface area contributed by atoms with Gasteiger partial charge in [-0.05, 0) is 48.4 Å². The van der Waals surface area contributed by atoms with E-state index >= 15 is 0 Å². The SMILES string of the molecule is NC(=O)N1CCC(S(=O)(=O)c2ccc(OCc3ccc(F)cc3)cc2)C(O)(C(=O)O)C1. The van der Waals surface area contributed by atoms with E-state index in [0.29, 0.717) is 11.3 Å². The number of carboxylic acid groups (broad SMARTS) is 1. The third-order valence-corrected chi connectivity index (χ3v) is 7.46. The third-order valence-electron chi connectivity index (χ3n) is 5.15. The molecule has 1 saturated heterocycles. The molecule has 3 rings (SSSR count). The van der Waals surface area contributed by atoms with Crippen molar-refractivity contribution < 1.29 is 37.3 Å². The van der Waals surface area contributed by atoms with E-state index < -0.39 is 39.2 Å². The lowest BCUT2D eigenvalue weighted by molar-refractivity contribution is -0.162. The van der Waals surface area contributed by atoms with Gasteiger partial charge in [-0.1, -0.05) is 12.1 Å². The first kappa shape index (κ1) is 22.5. The Labute approximate surface area is 177 Å². The van der Waals surface area contributed by atoms with E-state index in [1.54, 1.807) is 12.1 Å². The molecule has 1 fully saturated rings. The number of nitrogens with two attached hydrogens (primary N) is 1. The highest BCUT2D eigenvalue weighted by Crippen LogP contribution is 2.33. The number of aliphatic hydroxyl groups is 1. The first-order valence-corrected chi connectivity index (χ1v) is 10.8. The normalized spacial score (nSPS) is 21.5. The number of rotatable bonds is 6. The Balaban J connectivity index is 1.78. The molecule has 0 spiro atoms. The van der Waals surface area contributed by atoms with Gasteiger partial charge < -0.3 is 25.6 Å². The zero-order valence-corrected chi connectivity index (χ0v) is 17.1. The molecule has 0 radical (unpaired) electrons. The predicted molar refractivity (Wildman–Crippen MR) is 107 cm³/mol. The van der Waals surface area contributed by atoms with E-state index in [1.807, 2.05) is 0 Å². The van der Waals surface area contributed by atoms with Crippen LogP contribution in [-0.4, -0.2) is 59.5 Å². The summed E-state index contributed by atoms with van der Waals surface area (Å²) in [4.78, 5) is 23.8. The topological polar surface area (TPSA) is 147 Å². The average molecular weight is 452 g/mol. The monoisotopic (exact) mass is 452 g/mol. The highest BCUT2D eigenvalue weighted by molar-refractivity contribution is 7.92. The van der Waals surface area contributed by atoms with Gasteiger partial charge in [-0.25, -0.2) is 22.4 Å². The van der Waals surface area contributed by atoms with Crippen LogP contribution in [0.2, 0.25) is 0 Å². The second-order valence-corrected chi connectivity index (χ2v) is 9.33. The maximum atomic E-state index is 13.1. The van der Waals surface area contributed by atoms with Gasteiger partial charge in [-0.3, -0.25) is 0 Å². The molecular weight excluding hydrogens is 431 g/mol. The Morgan fingerprint density at radius 2 is 1.77 bits per heavy atom. The van der Waals surface area contributed by atoms with Gasteiger partial charge in [0.1, 0.15) is 23.4 Å². The van der Waals surface area contributed by atoms with Crippen molar-refractivity contribution >= 4 is 21.8 Å². The van der Waals surface area contributed by atoms with Crippen molar-refractivity contribution in [2.24, 2.45) is 5.73 Å². The van der Waals surface area contributed by atoms with Gasteiger partial charge in [0.05, 0.1) is 11.4 Å². The largest absolute Gasteiger partial charge is 0.489 e. The van der Waals surface area contributed by atoms with Crippen LogP contribution in [0.15, 0.2) is 53.4 Å². The molecule has 9 nitrogen and oxygen atoms in total. The first-order chi connectivity index (χ1) is 14.5. The molecule has 0 aliphatic carbocycles. The zero-order valence-electron chi connectivity index (χ0n) is 16.3. The van der Waals surface area contributed by atoms with Crippen molar-refractivity contribution in [3.63, 3.8) is 0 Å². The van der Waals surface area contributed by atoms with Crippen LogP contribution < -0.4 is 10.5 Å². The van der Waals surface area contributed by atoms with Crippen LogP contribution in [0.5, 0.6) is 5.75 Å². The number of aliphatic carboxylic acids is 1. The van der Waals surface area contributed by atoms with E-state index in [0.717, 1.165) is 4.90 Å². The van der Waals surface area contributed by atoms with Gasteiger partial charge in [0.25, 0.3) is 0 Å². The lowest BCUT2D eigenvalue weighted by atomic mass is 9.92.